The molecule has 1 aromatic carbocycles. The molecule has 0 atom stereocenters. The molecule has 0 radical (unpaired) electrons. The molecule has 0 unspecified atom stereocenters. The van der Waals surface area contributed by atoms with Gasteiger partial charge in [-0.15, -0.1) is 0 Å². The molecule has 0 aliphatic heterocycles. The minimum absolute atomic E-state index is 0.0587. The molecule has 0 amide bonds. The Balaban J connectivity index is 2.22. The van der Waals surface area contributed by atoms with Gasteiger partial charge in [0.15, 0.2) is 0 Å². The molecule has 1 aliphatic carbocycles. The topological polar surface area (TPSA) is 34.1 Å². The van der Waals surface area contributed by atoms with Gasteiger partial charge in [-0.3, -0.25) is 0 Å². The van der Waals surface area contributed by atoms with Crippen LogP contribution in [0.1, 0.15) is 49.7 Å². The van der Waals surface area contributed by atoms with Crippen LogP contribution >= 0.6 is 10.7 Å². The third-order valence-corrected chi connectivity index (χ3v) is 4.82. The smallest absolute Gasteiger partial charge is 0.212 e. The molecular formula is C14H19ClO2S. The SMILES string of the molecule is CC1CCC(c2ccccc2CS(=O)(=O)Cl)CC1. The minimum atomic E-state index is -3.48. The van der Waals surface area contributed by atoms with Crippen LogP contribution in [0.2, 0.25) is 0 Å². The van der Waals surface area contributed by atoms with Crippen molar-refractivity contribution in [1.29, 1.82) is 0 Å². The molecule has 1 saturated carbocycles. The van der Waals surface area contributed by atoms with Crippen LogP contribution in [0.15, 0.2) is 24.3 Å². The number of rotatable bonds is 3. The zero-order valence-corrected chi connectivity index (χ0v) is 12.2. The van der Waals surface area contributed by atoms with E-state index < -0.39 is 9.05 Å². The van der Waals surface area contributed by atoms with Crippen molar-refractivity contribution < 1.29 is 8.42 Å². The Morgan fingerprint density at radius 2 is 1.78 bits per heavy atom. The quantitative estimate of drug-likeness (QED) is 0.786. The maximum absolute atomic E-state index is 11.3. The van der Waals surface area contributed by atoms with Gasteiger partial charge in [0.1, 0.15) is 0 Å². The Labute approximate surface area is 114 Å². The lowest BCUT2D eigenvalue weighted by molar-refractivity contribution is 0.347. The fourth-order valence-electron chi connectivity index (χ4n) is 2.82. The molecule has 18 heavy (non-hydrogen) atoms. The Hall–Kier alpha value is -0.540. The molecule has 1 aromatic rings. The van der Waals surface area contributed by atoms with Gasteiger partial charge >= 0.3 is 0 Å². The van der Waals surface area contributed by atoms with Crippen molar-refractivity contribution in [2.75, 3.05) is 0 Å². The molecule has 0 aromatic heterocycles. The van der Waals surface area contributed by atoms with Crippen LogP contribution < -0.4 is 0 Å². The normalized spacial score (nSPS) is 25.0. The van der Waals surface area contributed by atoms with Gasteiger partial charge in [0.05, 0.1) is 5.75 Å². The number of halogens is 1. The van der Waals surface area contributed by atoms with Gasteiger partial charge in [0.2, 0.25) is 9.05 Å². The van der Waals surface area contributed by atoms with Crippen LogP contribution in [0.3, 0.4) is 0 Å². The van der Waals surface area contributed by atoms with Gasteiger partial charge in [-0.05, 0) is 35.8 Å². The summed E-state index contributed by atoms with van der Waals surface area (Å²) in [7, 11) is 1.90. The molecule has 0 saturated heterocycles. The van der Waals surface area contributed by atoms with Crippen LogP contribution in [0.5, 0.6) is 0 Å². The van der Waals surface area contributed by atoms with Crippen molar-refractivity contribution in [3.8, 4) is 0 Å². The van der Waals surface area contributed by atoms with Crippen molar-refractivity contribution in [3.63, 3.8) is 0 Å². The lowest BCUT2D eigenvalue weighted by Crippen LogP contribution is -2.13. The van der Waals surface area contributed by atoms with E-state index in [9.17, 15) is 8.42 Å². The minimum Gasteiger partial charge on any atom is -0.212 e. The predicted molar refractivity (Wildman–Crippen MR) is 75.3 cm³/mol. The number of benzene rings is 1. The summed E-state index contributed by atoms with van der Waals surface area (Å²) >= 11 is 0. The van der Waals surface area contributed by atoms with E-state index in [4.69, 9.17) is 10.7 Å². The average molecular weight is 287 g/mol. The number of hydrogen-bond donors (Lipinski definition) is 0. The molecule has 2 nitrogen and oxygen atoms in total. The summed E-state index contributed by atoms with van der Waals surface area (Å²) in [5.41, 5.74) is 2.04. The second-order valence-corrected chi connectivity index (χ2v) is 8.12. The Kier molecular flexibility index (Phi) is 4.33. The van der Waals surface area contributed by atoms with Crippen molar-refractivity contribution in [2.24, 2.45) is 5.92 Å². The van der Waals surface area contributed by atoms with Gasteiger partial charge in [0, 0.05) is 10.7 Å². The summed E-state index contributed by atoms with van der Waals surface area (Å²) in [4.78, 5) is 0. The summed E-state index contributed by atoms with van der Waals surface area (Å²) < 4.78 is 22.5. The second-order valence-electron chi connectivity index (χ2n) is 5.34. The van der Waals surface area contributed by atoms with Gasteiger partial charge < -0.3 is 0 Å². The van der Waals surface area contributed by atoms with E-state index >= 15 is 0 Å². The first-order valence-electron chi connectivity index (χ1n) is 6.46. The summed E-state index contributed by atoms with van der Waals surface area (Å²) in [5.74, 6) is 1.23. The van der Waals surface area contributed by atoms with E-state index in [-0.39, 0.29) is 5.75 Å². The highest BCUT2D eigenvalue weighted by molar-refractivity contribution is 8.13. The van der Waals surface area contributed by atoms with Crippen molar-refractivity contribution in [2.45, 2.75) is 44.3 Å². The Morgan fingerprint density at radius 1 is 1.17 bits per heavy atom. The van der Waals surface area contributed by atoms with Crippen LogP contribution in [-0.4, -0.2) is 8.42 Å². The highest BCUT2D eigenvalue weighted by atomic mass is 35.7. The monoisotopic (exact) mass is 286 g/mol. The average Bonchev–Trinajstić information content (AvgIpc) is 2.29. The zero-order chi connectivity index (χ0) is 13.2. The highest BCUT2D eigenvalue weighted by Crippen LogP contribution is 2.37. The molecule has 0 bridgehead atoms. The van der Waals surface area contributed by atoms with Crippen molar-refractivity contribution in [1.82, 2.24) is 0 Å². The molecule has 0 N–H and O–H groups in total. The van der Waals surface area contributed by atoms with Crippen molar-refractivity contribution in [3.05, 3.63) is 35.4 Å². The van der Waals surface area contributed by atoms with E-state index in [0.717, 1.165) is 24.3 Å². The second kappa shape index (κ2) is 5.62. The fraction of sp³-hybridized carbons (Fsp3) is 0.571. The summed E-state index contributed by atoms with van der Waals surface area (Å²) in [5, 5.41) is 0. The van der Waals surface area contributed by atoms with Crippen molar-refractivity contribution >= 4 is 19.7 Å². The first kappa shape index (κ1) is 13.9. The van der Waals surface area contributed by atoms with Crippen LogP contribution in [0.4, 0.5) is 0 Å². The Bertz CT molecular complexity index is 502. The third kappa shape index (κ3) is 3.72. The molecule has 0 spiro atoms. The van der Waals surface area contributed by atoms with Gasteiger partial charge in [-0.25, -0.2) is 8.42 Å². The molecular weight excluding hydrogens is 268 g/mol. The first-order valence-corrected chi connectivity index (χ1v) is 8.93. The summed E-state index contributed by atoms with van der Waals surface area (Å²) in [6.45, 7) is 2.28. The lowest BCUT2D eigenvalue weighted by atomic mass is 9.78. The molecule has 100 valence electrons. The molecule has 2 rings (SSSR count). The standard InChI is InChI=1S/C14H19ClO2S/c1-11-6-8-12(9-7-11)14-5-3-2-4-13(14)10-18(15,16)17/h2-5,11-12H,6-10H2,1H3. The third-order valence-electron chi connectivity index (χ3n) is 3.84. The van der Waals surface area contributed by atoms with E-state index in [2.05, 4.69) is 13.0 Å². The molecule has 4 heteroatoms. The summed E-state index contributed by atoms with van der Waals surface area (Å²) in [6.07, 6.45) is 4.76. The summed E-state index contributed by atoms with van der Waals surface area (Å²) in [6, 6.07) is 7.80. The maximum Gasteiger partial charge on any atom is 0.236 e. The van der Waals surface area contributed by atoms with E-state index in [1.54, 1.807) is 0 Å². The van der Waals surface area contributed by atoms with Gasteiger partial charge in [0.25, 0.3) is 0 Å². The molecule has 1 fully saturated rings. The largest absolute Gasteiger partial charge is 0.236 e. The van der Waals surface area contributed by atoms with Crippen LogP contribution in [-0.2, 0) is 14.8 Å². The first-order chi connectivity index (χ1) is 8.46. The van der Waals surface area contributed by atoms with E-state index in [1.165, 1.54) is 18.4 Å². The predicted octanol–water partition coefficient (Wildman–Crippen LogP) is 4.05. The fourth-order valence-corrected chi connectivity index (χ4v) is 3.81. The van der Waals surface area contributed by atoms with E-state index in [0.29, 0.717) is 5.92 Å². The van der Waals surface area contributed by atoms with Gasteiger partial charge in [-0.2, -0.15) is 0 Å². The van der Waals surface area contributed by atoms with Crippen LogP contribution in [0, 0.1) is 5.92 Å². The maximum atomic E-state index is 11.3. The lowest BCUT2D eigenvalue weighted by Gasteiger charge is -2.27. The number of hydrogen-bond acceptors (Lipinski definition) is 2. The Morgan fingerprint density at radius 3 is 2.39 bits per heavy atom. The van der Waals surface area contributed by atoms with Crippen LogP contribution in [0.25, 0.3) is 0 Å². The molecule has 0 heterocycles. The van der Waals surface area contributed by atoms with E-state index in [1.807, 2.05) is 18.2 Å². The highest BCUT2D eigenvalue weighted by Gasteiger charge is 2.22. The molecule has 1 aliphatic rings. The van der Waals surface area contributed by atoms with Gasteiger partial charge in [-0.1, -0.05) is 44.0 Å². The zero-order valence-electron chi connectivity index (χ0n) is 10.6.